The van der Waals surface area contributed by atoms with Gasteiger partial charge in [0.2, 0.25) is 5.95 Å². The second kappa shape index (κ2) is 5.47. The van der Waals surface area contributed by atoms with Gasteiger partial charge in [0, 0.05) is 5.57 Å². The van der Waals surface area contributed by atoms with Gasteiger partial charge in [-0.1, -0.05) is 30.3 Å². The summed E-state index contributed by atoms with van der Waals surface area (Å²) in [5, 5.41) is 2.64. The lowest BCUT2D eigenvalue weighted by Crippen LogP contribution is -2.26. The quantitative estimate of drug-likeness (QED) is 0.677. The molecule has 25 heavy (non-hydrogen) atoms. The first-order chi connectivity index (χ1) is 11.9. The molecule has 4 nitrogen and oxygen atoms in total. The van der Waals surface area contributed by atoms with Crippen molar-refractivity contribution < 1.29 is 18.0 Å². The lowest BCUT2D eigenvalue weighted by Gasteiger charge is -2.19. The number of amides is 1. The Bertz CT molecular complexity index is 1020. The van der Waals surface area contributed by atoms with Gasteiger partial charge >= 0.3 is 6.18 Å². The molecule has 0 bridgehead atoms. The number of hydrogen-bond acceptors (Lipinski definition) is 2. The highest BCUT2D eigenvalue weighted by Gasteiger charge is 2.33. The Morgan fingerprint density at radius 1 is 1.08 bits per heavy atom. The SMILES string of the molecule is O=C1Nc2nc3ccccc3n2C/C1=C\c1ccccc1C(F)(F)F. The molecule has 1 aromatic heterocycles. The van der Waals surface area contributed by atoms with E-state index in [1.165, 1.54) is 24.3 Å². The fourth-order valence-electron chi connectivity index (χ4n) is 2.93. The molecule has 0 fully saturated rings. The number of anilines is 1. The van der Waals surface area contributed by atoms with Gasteiger partial charge in [-0.3, -0.25) is 10.1 Å². The highest BCUT2D eigenvalue weighted by molar-refractivity contribution is 6.08. The summed E-state index contributed by atoms with van der Waals surface area (Å²) in [5.74, 6) is -0.0489. The molecule has 1 aliphatic heterocycles. The number of nitrogens with zero attached hydrogens (tertiary/aromatic N) is 2. The van der Waals surface area contributed by atoms with E-state index in [0.29, 0.717) is 5.95 Å². The minimum Gasteiger partial charge on any atom is -0.305 e. The lowest BCUT2D eigenvalue weighted by molar-refractivity contribution is -0.137. The van der Waals surface area contributed by atoms with Gasteiger partial charge in [0.15, 0.2) is 0 Å². The Balaban J connectivity index is 1.80. The second-order valence-electron chi connectivity index (χ2n) is 5.72. The van der Waals surface area contributed by atoms with Gasteiger partial charge in [-0.2, -0.15) is 13.2 Å². The molecular weight excluding hydrogens is 331 g/mol. The van der Waals surface area contributed by atoms with Crippen molar-refractivity contribution in [3.05, 3.63) is 65.2 Å². The van der Waals surface area contributed by atoms with E-state index < -0.39 is 17.6 Å². The molecule has 0 aliphatic carbocycles. The van der Waals surface area contributed by atoms with E-state index in [9.17, 15) is 18.0 Å². The second-order valence-corrected chi connectivity index (χ2v) is 5.72. The van der Waals surface area contributed by atoms with E-state index in [0.717, 1.165) is 17.1 Å². The zero-order valence-electron chi connectivity index (χ0n) is 12.8. The predicted molar refractivity (Wildman–Crippen MR) is 87.8 cm³/mol. The van der Waals surface area contributed by atoms with Crippen molar-refractivity contribution in [1.82, 2.24) is 9.55 Å². The minimum atomic E-state index is -4.48. The number of para-hydroxylation sites is 2. The van der Waals surface area contributed by atoms with Gasteiger partial charge in [0.05, 0.1) is 23.1 Å². The summed E-state index contributed by atoms with van der Waals surface area (Å²) in [7, 11) is 0. The van der Waals surface area contributed by atoms with Crippen LogP contribution in [-0.4, -0.2) is 15.5 Å². The fraction of sp³-hybridized carbons (Fsp3) is 0.111. The molecule has 4 rings (SSSR count). The Morgan fingerprint density at radius 2 is 1.80 bits per heavy atom. The van der Waals surface area contributed by atoms with Gasteiger partial charge < -0.3 is 4.57 Å². The fourth-order valence-corrected chi connectivity index (χ4v) is 2.93. The van der Waals surface area contributed by atoms with E-state index in [1.807, 2.05) is 24.3 Å². The molecule has 1 amide bonds. The molecule has 0 unspecified atom stereocenters. The molecule has 1 N–H and O–H groups in total. The number of rotatable bonds is 1. The monoisotopic (exact) mass is 343 g/mol. The maximum Gasteiger partial charge on any atom is 0.416 e. The van der Waals surface area contributed by atoms with Crippen LogP contribution in [0.2, 0.25) is 0 Å². The van der Waals surface area contributed by atoms with Gasteiger partial charge in [0.1, 0.15) is 0 Å². The van der Waals surface area contributed by atoms with E-state index in [1.54, 1.807) is 4.57 Å². The normalized spacial score (nSPS) is 16.1. The minimum absolute atomic E-state index is 0.0342. The highest BCUT2D eigenvalue weighted by atomic mass is 19.4. The number of aromatic nitrogens is 2. The van der Waals surface area contributed by atoms with Crippen molar-refractivity contribution in [2.45, 2.75) is 12.7 Å². The highest BCUT2D eigenvalue weighted by Crippen LogP contribution is 2.33. The van der Waals surface area contributed by atoms with Crippen LogP contribution in [0, 0.1) is 0 Å². The number of fused-ring (bicyclic) bond motifs is 3. The maximum atomic E-state index is 13.2. The molecule has 0 saturated carbocycles. The van der Waals surface area contributed by atoms with Crippen LogP contribution >= 0.6 is 0 Å². The number of alkyl halides is 3. The molecule has 0 spiro atoms. The first-order valence-electron chi connectivity index (χ1n) is 7.57. The third-order valence-corrected chi connectivity index (χ3v) is 4.10. The van der Waals surface area contributed by atoms with Crippen molar-refractivity contribution in [3.63, 3.8) is 0 Å². The number of halogens is 3. The Morgan fingerprint density at radius 3 is 2.60 bits per heavy atom. The van der Waals surface area contributed by atoms with Crippen LogP contribution in [0.1, 0.15) is 11.1 Å². The standard InChI is InChI=1S/C18H12F3N3O/c19-18(20,21)13-6-2-1-5-11(13)9-12-10-24-15-8-4-3-7-14(15)22-17(24)23-16(12)25/h1-9H,10H2,(H,22,23,25)/b12-9+. The van der Waals surface area contributed by atoms with Crippen LogP contribution in [-0.2, 0) is 17.5 Å². The third-order valence-electron chi connectivity index (χ3n) is 4.10. The number of benzene rings is 2. The first kappa shape index (κ1) is 15.4. The van der Waals surface area contributed by atoms with Gasteiger partial charge in [0.25, 0.3) is 5.91 Å². The van der Waals surface area contributed by atoms with Gasteiger partial charge in [-0.05, 0) is 29.8 Å². The number of carbonyl (C=O) groups excluding carboxylic acids is 1. The van der Waals surface area contributed by atoms with Crippen molar-refractivity contribution >= 4 is 29.0 Å². The Kier molecular flexibility index (Phi) is 3.38. The molecule has 126 valence electrons. The molecule has 2 heterocycles. The number of nitrogens with one attached hydrogen (secondary N) is 1. The summed E-state index contributed by atoms with van der Waals surface area (Å²) < 4.78 is 41.2. The first-order valence-corrected chi connectivity index (χ1v) is 7.57. The molecular formula is C18H12F3N3O. The number of carbonyl (C=O) groups is 1. The molecule has 7 heteroatoms. The van der Waals surface area contributed by atoms with E-state index in [2.05, 4.69) is 10.3 Å². The van der Waals surface area contributed by atoms with Crippen LogP contribution in [0.3, 0.4) is 0 Å². The molecule has 3 aromatic rings. The van der Waals surface area contributed by atoms with Crippen molar-refractivity contribution in [2.75, 3.05) is 5.32 Å². The predicted octanol–water partition coefficient (Wildman–Crippen LogP) is 4.09. The molecule has 2 aromatic carbocycles. The Hall–Kier alpha value is -3.09. The summed E-state index contributed by atoms with van der Waals surface area (Å²) in [6, 6.07) is 12.5. The third kappa shape index (κ3) is 2.67. The largest absolute Gasteiger partial charge is 0.416 e. The average Bonchev–Trinajstić information content (AvgIpc) is 2.92. The summed E-state index contributed by atoms with van der Waals surface area (Å²) in [4.78, 5) is 16.6. The van der Waals surface area contributed by atoms with E-state index in [-0.39, 0.29) is 17.7 Å². The maximum absolute atomic E-state index is 13.2. The van der Waals surface area contributed by atoms with Crippen LogP contribution in [0.4, 0.5) is 19.1 Å². The average molecular weight is 343 g/mol. The van der Waals surface area contributed by atoms with Crippen molar-refractivity contribution in [3.8, 4) is 0 Å². The van der Waals surface area contributed by atoms with Gasteiger partial charge in [-0.25, -0.2) is 4.98 Å². The van der Waals surface area contributed by atoms with Crippen LogP contribution in [0.5, 0.6) is 0 Å². The lowest BCUT2D eigenvalue weighted by atomic mass is 10.0. The van der Waals surface area contributed by atoms with Gasteiger partial charge in [-0.15, -0.1) is 0 Å². The smallest absolute Gasteiger partial charge is 0.305 e. The summed E-state index contributed by atoms with van der Waals surface area (Å²) in [6.07, 6.45) is -3.19. The van der Waals surface area contributed by atoms with E-state index >= 15 is 0 Å². The zero-order chi connectivity index (χ0) is 17.6. The molecule has 1 aliphatic rings. The van der Waals surface area contributed by atoms with Crippen LogP contribution in [0.25, 0.3) is 17.1 Å². The summed E-state index contributed by atoms with van der Waals surface area (Å²) in [6.45, 7) is 0.161. The van der Waals surface area contributed by atoms with E-state index in [4.69, 9.17) is 0 Å². The summed E-state index contributed by atoms with van der Waals surface area (Å²) >= 11 is 0. The zero-order valence-corrected chi connectivity index (χ0v) is 12.8. The van der Waals surface area contributed by atoms with Crippen LogP contribution < -0.4 is 5.32 Å². The van der Waals surface area contributed by atoms with Crippen LogP contribution in [0.15, 0.2) is 54.1 Å². The number of hydrogen-bond donors (Lipinski definition) is 1. The topological polar surface area (TPSA) is 46.9 Å². The van der Waals surface area contributed by atoms with Crippen molar-refractivity contribution in [2.24, 2.45) is 0 Å². The molecule has 0 radical (unpaired) electrons. The summed E-state index contributed by atoms with van der Waals surface area (Å²) in [5.41, 5.74) is 0.971. The molecule has 0 saturated heterocycles. The van der Waals surface area contributed by atoms with Crippen molar-refractivity contribution in [1.29, 1.82) is 0 Å². The Labute approximate surface area is 140 Å². The molecule has 0 atom stereocenters. The number of imidazole rings is 1.